The van der Waals surface area contributed by atoms with Crippen molar-refractivity contribution in [2.24, 2.45) is 11.3 Å². The van der Waals surface area contributed by atoms with Crippen molar-refractivity contribution < 1.29 is 4.79 Å². The van der Waals surface area contributed by atoms with Gasteiger partial charge in [-0.3, -0.25) is 4.79 Å². The van der Waals surface area contributed by atoms with Crippen molar-refractivity contribution in [2.75, 3.05) is 26.7 Å². The van der Waals surface area contributed by atoms with E-state index in [9.17, 15) is 4.79 Å². The van der Waals surface area contributed by atoms with Crippen LogP contribution in [0.25, 0.3) is 0 Å². The van der Waals surface area contributed by atoms with Crippen LogP contribution in [0.1, 0.15) is 46.5 Å². The SMILES string of the molecule is CNCCCN1CCC(C(C)(C)C)CCC1=O. The number of carbonyl (C=O) groups excluding carboxylic acids is 1. The molecule has 3 nitrogen and oxygen atoms in total. The van der Waals surface area contributed by atoms with Crippen LogP contribution < -0.4 is 5.32 Å². The summed E-state index contributed by atoms with van der Waals surface area (Å²) in [5.74, 6) is 1.04. The second-order valence-electron chi connectivity index (χ2n) is 6.23. The molecule has 1 heterocycles. The van der Waals surface area contributed by atoms with Gasteiger partial charge in [-0.25, -0.2) is 0 Å². The average molecular weight is 240 g/mol. The summed E-state index contributed by atoms with van der Waals surface area (Å²) in [6, 6.07) is 0. The Morgan fingerprint density at radius 2 is 2.06 bits per heavy atom. The Labute approximate surface area is 106 Å². The Morgan fingerprint density at radius 3 is 2.65 bits per heavy atom. The van der Waals surface area contributed by atoms with Crippen LogP contribution in [0.4, 0.5) is 0 Å². The molecule has 1 N–H and O–H groups in total. The fraction of sp³-hybridized carbons (Fsp3) is 0.929. The second kappa shape index (κ2) is 6.39. The van der Waals surface area contributed by atoms with Gasteiger partial charge in [0.1, 0.15) is 0 Å². The minimum absolute atomic E-state index is 0.335. The maximum Gasteiger partial charge on any atom is 0.222 e. The number of rotatable bonds is 4. The summed E-state index contributed by atoms with van der Waals surface area (Å²) < 4.78 is 0. The quantitative estimate of drug-likeness (QED) is 0.765. The molecule has 0 aliphatic carbocycles. The van der Waals surface area contributed by atoms with Gasteiger partial charge in [0.25, 0.3) is 0 Å². The molecule has 1 amide bonds. The van der Waals surface area contributed by atoms with Gasteiger partial charge >= 0.3 is 0 Å². The Hall–Kier alpha value is -0.570. The maximum absolute atomic E-state index is 12.0. The van der Waals surface area contributed by atoms with E-state index in [-0.39, 0.29) is 0 Å². The number of nitrogens with zero attached hydrogens (tertiary/aromatic N) is 1. The molecule has 3 heteroatoms. The lowest BCUT2D eigenvalue weighted by Gasteiger charge is -2.29. The molecule has 0 aromatic carbocycles. The van der Waals surface area contributed by atoms with Gasteiger partial charge in [0.15, 0.2) is 0 Å². The average Bonchev–Trinajstić information content (AvgIpc) is 2.41. The van der Waals surface area contributed by atoms with Crippen molar-refractivity contribution in [3.8, 4) is 0 Å². The highest BCUT2D eigenvalue weighted by atomic mass is 16.2. The van der Waals surface area contributed by atoms with Crippen LogP contribution in [0, 0.1) is 11.3 Å². The molecular weight excluding hydrogens is 212 g/mol. The molecule has 17 heavy (non-hydrogen) atoms. The van der Waals surface area contributed by atoms with Gasteiger partial charge < -0.3 is 10.2 Å². The summed E-state index contributed by atoms with van der Waals surface area (Å²) in [6.07, 6.45) is 4.02. The third-order valence-corrected chi connectivity index (χ3v) is 3.89. The molecule has 0 saturated carbocycles. The Bertz CT molecular complexity index is 245. The van der Waals surface area contributed by atoms with Gasteiger partial charge in [0, 0.05) is 19.5 Å². The summed E-state index contributed by atoms with van der Waals surface area (Å²) in [5, 5.41) is 3.13. The number of hydrogen-bond acceptors (Lipinski definition) is 2. The lowest BCUT2D eigenvalue weighted by molar-refractivity contribution is -0.130. The van der Waals surface area contributed by atoms with Gasteiger partial charge in [-0.15, -0.1) is 0 Å². The molecule has 1 unspecified atom stereocenters. The first-order valence-corrected chi connectivity index (χ1v) is 6.87. The van der Waals surface area contributed by atoms with Crippen molar-refractivity contribution in [3.63, 3.8) is 0 Å². The van der Waals surface area contributed by atoms with E-state index in [1.54, 1.807) is 0 Å². The summed E-state index contributed by atoms with van der Waals surface area (Å²) >= 11 is 0. The van der Waals surface area contributed by atoms with E-state index in [1.165, 1.54) is 0 Å². The fourth-order valence-corrected chi connectivity index (χ4v) is 2.59. The smallest absolute Gasteiger partial charge is 0.222 e. The first kappa shape index (κ1) is 14.5. The monoisotopic (exact) mass is 240 g/mol. The van der Waals surface area contributed by atoms with Crippen LogP contribution >= 0.6 is 0 Å². The highest BCUT2D eigenvalue weighted by Gasteiger charge is 2.29. The van der Waals surface area contributed by atoms with E-state index in [4.69, 9.17) is 0 Å². The minimum atomic E-state index is 0.335. The van der Waals surface area contributed by atoms with Crippen LogP contribution in [-0.2, 0) is 4.79 Å². The standard InChI is InChI=1S/C14H28N2O/c1-14(2,3)12-6-7-13(17)16(11-8-12)10-5-9-15-4/h12,15H,5-11H2,1-4H3. The first-order chi connectivity index (χ1) is 7.95. The predicted molar refractivity (Wildman–Crippen MR) is 71.9 cm³/mol. The third kappa shape index (κ3) is 4.66. The van der Waals surface area contributed by atoms with Crippen LogP contribution in [0.3, 0.4) is 0 Å². The predicted octanol–water partition coefficient (Wildman–Crippen LogP) is 2.27. The summed E-state index contributed by atoms with van der Waals surface area (Å²) in [4.78, 5) is 14.0. The van der Waals surface area contributed by atoms with Crippen molar-refractivity contribution in [3.05, 3.63) is 0 Å². The number of carbonyl (C=O) groups is 1. The van der Waals surface area contributed by atoms with E-state index in [0.29, 0.717) is 17.2 Å². The van der Waals surface area contributed by atoms with Gasteiger partial charge in [-0.05, 0) is 44.2 Å². The molecule has 0 aromatic rings. The highest BCUT2D eigenvalue weighted by molar-refractivity contribution is 5.76. The normalized spacial score (nSPS) is 22.7. The van der Waals surface area contributed by atoms with E-state index in [1.807, 2.05) is 7.05 Å². The number of amides is 1. The van der Waals surface area contributed by atoms with Gasteiger partial charge in [0.2, 0.25) is 5.91 Å². The summed E-state index contributed by atoms with van der Waals surface area (Å²) in [7, 11) is 1.96. The third-order valence-electron chi connectivity index (χ3n) is 3.89. The van der Waals surface area contributed by atoms with E-state index >= 15 is 0 Å². The Kier molecular flexibility index (Phi) is 5.44. The van der Waals surface area contributed by atoms with Crippen LogP contribution in [0.2, 0.25) is 0 Å². The van der Waals surface area contributed by atoms with Gasteiger partial charge in [0.05, 0.1) is 0 Å². The first-order valence-electron chi connectivity index (χ1n) is 6.87. The zero-order valence-electron chi connectivity index (χ0n) is 11.9. The van der Waals surface area contributed by atoms with E-state index in [0.717, 1.165) is 45.3 Å². The molecule has 0 bridgehead atoms. The topological polar surface area (TPSA) is 32.3 Å². The van der Waals surface area contributed by atoms with Crippen LogP contribution in [-0.4, -0.2) is 37.5 Å². The molecule has 0 radical (unpaired) electrons. The van der Waals surface area contributed by atoms with Crippen molar-refractivity contribution in [2.45, 2.75) is 46.5 Å². The molecule has 1 rings (SSSR count). The largest absolute Gasteiger partial charge is 0.343 e. The van der Waals surface area contributed by atoms with E-state index in [2.05, 4.69) is 31.0 Å². The molecule has 1 saturated heterocycles. The molecule has 1 fully saturated rings. The zero-order chi connectivity index (χ0) is 12.9. The Balaban J connectivity index is 2.46. The van der Waals surface area contributed by atoms with Crippen LogP contribution in [0.5, 0.6) is 0 Å². The lowest BCUT2D eigenvalue weighted by atomic mass is 9.77. The minimum Gasteiger partial charge on any atom is -0.343 e. The molecule has 1 aliphatic rings. The lowest BCUT2D eigenvalue weighted by Crippen LogP contribution is -2.32. The molecule has 0 spiro atoms. The molecular formula is C14H28N2O. The fourth-order valence-electron chi connectivity index (χ4n) is 2.59. The van der Waals surface area contributed by atoms with Crippen molar-refractivity contribution in [1.29, 1.82) is 0 Å². The van der Waals surface area contributed by atoms with Gasteiger partial charge in [-0.2, -0.15) is 0 Å². The molecule has 1 aliphatic heterocycles. The van der Waals surface area contributed by atoms with Gasteiger partial charge in [-0.1, -0.05) is 20.8 Å². The van der Waals surface area contributed by atoms with Crippen molar-refractivity contribution in [1.82, 2.24) is 10.2 Å². The summed E-state index contributed by atoms with van der Waals surface area (Å²) in [6.45, 7) is 9.73. The summed E-state index contributed by atoms with van der Waals surface area (Å²) in [5.41, 5.74) is 0.335. The molecule has 1 atom stereocenters. The molecule has 100 valence electrons. The number of likely N-dealkylation sites (tertiary alicyclic amines) is 1. The zero-order valence-corrected chi connectivity index (χ0v) is 11.9. The molecule has 0 aromatic heterocycles. The van der Waals surface area contributed by atoms with E-state index < -0.39 is 0 Å². The van der Waals surface area contributed by atoms with Crippen molar-refractivity contribution >= 4 is 5.91 Å². The number of hydrogen-bond donors (Lipinski definition) is 1. The highest BCUT2D eigenvalue weighted by Crippen LogP contribution is 2.34. The number of nitrogens with one attached hydrogen (secondary N) is 1. The van der Waals surface area contributed by atoms with Crippen LogP contribution in [0.15, 0.2) is 0 Å². The maximum atomic E-state index is 12.0. The second-order valence-corrected chi connectivity index (χ2v) is 6.23. The Morgan fingerprint density at radius 1 is 1.35 bits per heavy atom.